The highest BCUT2D eigenvalue weighted by Crippen LogP contribution is 2.26. The van der Waals surface area contributed by atoms with Gasteiger partial charge in [0.2, 0.25) is 0 Å². The van der Waals surface area contributed by atoms with Gasteiger partial charge in [-0.15, -0.1) is 0 Å². The lowest BCUT2D eigenvalue weighted by Crippen LogP contribution is -2.23. The fraction of sp³-hybridized carbons (Fsp3) is 0.600. The van der Waals surface area contributed by atoms with Gasteiger partial charge in [0.05, 0.1) is 33.0 Å². The summed E-state index contributed by atoms with van der Waals surface area (Å²) in [6, 6.07) is 4.42. The number of likely N-dealkylation sites (N-methyl/N-ethyl adjacent to an activating group) is 1. The molecule has 0 aliphatic heterocycles. The van der Waals surface area contributed by atoms with Gasteiger partial charge in [0.15, 0.2) is 0 Å². The summed E-state index contributed by atoms with van der Waals surface area (Å²) >= 11 is 0. The first-order valence-corrected chi connectivity index (χ1v) is 6.53. The quantitative estimate of drug-likeness (QED) is 0.733. The van der Waals surface area contributed by atoms with E-state index in [2.05, 4.69) is 31.3 Å². The van der Waals surface area contributed by atoms with Gasteiger partial charge in [-0.05, 0) is 43.7 Å². The molecule has 0 amide bonds. The van der Waals surface area contributed by atoms with Crippen molar-refractivity contribution in [1.82, 2.24) is 5.32 Å². The van der Waals surface area contributed by atoms with Crippen molar-refractivity contribution in [3.63, 3.8) is 0 Å². The van der Waals surface area contributed by atoms with E-state index >= 15 is 0 Å². The minimum atomic E-state index is 0.182. The van der Waals surface area contributed by atoms with Crippen molar-refractivity contribution in [2.75, 3.05) is 41.1 Å². The highest BCUT2D eigenvalue weighted by molar-refractivity contribution is 5.42. The smallest absolute Gasteiger partial charge is 0.122 e. The summed E-state index contributed by atoms with van der Waals surface area (Å²) < 4.78 is 15.9. The van der Waals surface area contributed by atoms with Crippen LogP contribution in [0.2, 0.25) is 0 Å². The molecule has 4 heteroatoms. The van der Waals surface area contributed by atoms with Crippen LogP contribution in [0.1, 0.15) is 22.7 Å². The van der Waals surface area contributed by atoms with Crippen LogP contribution in [0.15, 0.2) is 12.1 Å². The largest absolute Gasteiger partial charge is 0.496 e. The van der Waals surface area contributed by atoms with Crippen LogP contribution >= 0.6 is 0 Å². The number of ether oxygens (including phenoxy) is 3. The number of benzene rings is 1. The molecule has 1 aromatic rings. The molecule has 19 heavy (non-hydrogen) atoms. The summed E-state index contributed by atoms with van der Waals surface area (Å²) in [5, 5.41) is 3.29. The van der Waals surface area contributed by atoms with Gasteiger partial charge in [0, 0.05) is 7.11 Å². The number of aryl methyl sites for hydroxylation is 2. The molecule has 0 heterocycles. The van der Waals surface area contributed by atoms with E-state index in [0.717, 1.165) is 11.3 Å². The van der Waals surface area contributed by atoms with Gasteiger partial charge in [-0.2, -0.15) is 0 Å². The van der Waals surface area contributed by atoms with E-state index < -0.39 is 0 Å². The monoisotopic (exact) mass is 267 g/mol. The summed E-state index contributed by atoms with van der Waals surface area (Å²) in [5.41, 5.74) is 3.59. The molecule has 1 N–H and O–H groups in total. The van der Waals surface area contributed by atoms with E-state index in [9.17, 15) is 0 Å². The Morgan fingerprint density at radius 3 is 2.42 bits per heavy atom. The molecule has 0 aliphatic rings. The Balaban J connectivity index is 2.77. The van der Waals surface area contributed by atoms with Crippen LogP contribution in [0.4, 0.5) is 0 Å². The van der Waals surface area contributed by atoms with Gasteiger partial charge in [0.25, 0.3) is 0 Å². The van der Waals surface area contributed by atoms with E-state index in [0.29, 0.717) is 19.8 Å². The number of nitrogens with one attached hydrogen (secondary N) is 1. The van der Waals surface area contributed by atoms with Crippen LogP contribution in [-0.4, -0.2) is 41.1 Å². The maximum absolute atomic E-state index is 5.61. The summed E-state index contributed by atoms with van der Waals surface area (Å²) in [5.74, 6) is 0.927. The van der Waals surface area contributed by atoms with Crippen LogP contribution in [0, 0.1) is 13.8 Å². The van der Waals surface area contributed by atoms with Crippen LogP contribution in [0.25, 0.3) is 0 Å². The molecule has 0 bridgehead atoms. The van der Waals surface area contributed by atoms with E-state index in [4.69, 9.17) is 14.2 Å². The number of hydrogen-bond acceptors (Lipinski definition) is 4. The van der Waals surface area contributed by atoms with Crippen molar-refractivity contribution >= 4 is 0 Å². The summed E-state index contributed by atoms with van der Waals surface area (Å²) in [4.78, 5) is 0. The second-order valence-corrected chi connectivity index (χ2v) is 4.59. The molecule has 0 radical (unpaired) electrons. The van der Waals surface area contributed by atoms with Crippen molar-refractivity contribution in [1.29, 1.82) is 0 Å². The first-order valence-electron chi connectivity index (χ1n) is 6.53. The van der Waals surface area contributed by atoms with Crippen molar-refractivity contribution < 1.29 is 14.2 Å². The third kappa shape index (κ3) is 4.49. The highest BCUT2D eigenvalue weighted by Gasteiger charge is 2.14. The third-order valence-electron chi connectivity index (χ3n) is 3.22. The molecular weight excluding hydrogens is 242 g/mol. The molecule has 1 unspecified atom stereocenters. The molecule has 1 aromatic carbocycles. The Kier molecular flexibility index (Phi) is 6.84. The standard InChI is InChI=1S/C15H25NO3/c1-11-9-15(18-5)12(2)8-13(11)14(16-3)10-19-7-6-17-4/h8-9,14,16H,6-7,10H2,1-5H3. The molecule has 0 aromatic heterocycles. The number of rotatable bonds is 8. The number of hydrogen-bond donors (Lipinski definition) is 1. The van der Waals surface area contributed by atoms with E-state index in [1.807, 2.05) is 7.05 Å². The van der Waals surface area contributed by atoms with E-state index in [1.165, 1.54) is 11.1 Å². The molecule has 0 saturated heterocycles. The Labute approximate surface area is 116 Å². The SMILES string of the molecule is CNC(COCCOC)c1cc(C)c(OC)cc1C. The summed E-state index contributed by atoms with van der Waals surface area (Å²) in [6.07, 6.45) is 0. The van der Waals surface area contributed by atoms with Crippen LogP contribution in [0.5, 0.6) is 5.75 Å². The average molecular weight is 267 g/mol. The zero-order valence-electron chi connectivity index (χ0n) is 12.6. The molecular formula is C15H25NO3. The van der Waals surface area contributed by atoms with Gasteiger partial charge in [-0.25, -0.2) is 0 Å². The van der Waals surface area contributed by atoms with Crippen LogP contribution in [-0.2, 0) is 9.47 Å². The fourth-order valence-electron chi connectivity index (χ4n) is 2.08. The zero-order chi connectivity index (χ0) is 14.3. The van der Waals surface area contributed by atoms with Gasteiger partial charge < -0.3 is 19.5 Å². The lowest BCUT2D eigenvalue weighted by molar-refractivity contribution is 0.0595. The van der Waals surface area contributed by atoms with Gasteiger partial charge in [-0.1, -0.05) is 6.07 Å². The van der Waals surface area contributed by atoms with Crippen molar-refractivity contribution in [2.45, 2.75) is 19.9 Å². The van der Waals surface area contributed by atoms with Gasteiger partial charge >= 0.3 is 0 Å². The molecule has 4 nitrogen and oxygen atoms in total. The molecule has 1 rings (SSSR count). The first-order chi connectivity index (χ1) is 9.13. The minimum absolute atomic E-state index is 0.182. The van der Waals surface area contributed by atoms with Gasteiger partial charge in [0.1, 0.15) is 5.75 Å². The van der Waals surface area contributed by atoms with Crippen molar-refractivity contribution in [2.24, 2.45) is 0 Å². The summed E-state index contributed by atoms with van der Waals surface area (Å²) in [6.45, 7) is 6.02. The molecule has 0 aliphatic carbocycles. The average Bonchev–Trinajstić information content (AvgIpc) is 2.41. The van der Waals surface area contributed by atoms with Crippen molar-refractivity contribution in [3.05, 3.63) is 28.8 Å². The predicted octanol–water partition coefficient (Wildman–Crippen LogP) is 2.24. The Morgan fingerprint density at radius 1 is 1.11 bits per heavy atom. The van der Waals surface area contributed by atoms with E-state index in [-0.39, 0.29) is 6.04 Å². The second kappa shape index (κ2) is 8.15. The Bertz CT molecular complexity index is 393. The molecule has 1 atom stereocenters. The number of methoxy groups -OCH3 is 2. The Morgan fingerprint density at radius 2 is 1.84 bits per heavy atom. The molecule has 108 valence electrons. The first kappa shape index (κ1) is 16.0. The zero-order valence-corrected chi connectivity index (χ0v) is 12.6. The lowest BCUT2D eigenvalue weighted by atomic mass is 9.98. The topological polar surface area (TPSA) is 39.7 Å². The normalized spacial score (nSPS) is 12.5. The molecule has 0 fully saturated rings. The maximum atomic E-state index is 5.61. The predicted molar refractivity (Wildman–Crippen MR) is 77.0 cm³/mol. The molecule has 0 spiro atoms. The minimum Gasteiger partial charge on any atom is -0.496 e. The van der Waals surface area contributed by atoms with E-state index in [1.54, 1.807) is 14.2 Å². The highest BCUT2D eigenvalue weighted by atomic mass is 16.5. The van der Waals surface area contributed by atoms with Crippen LogP contribution in [0.3, 0.4) is 0 Å². The van der Waals surface area contributed by atoms with Crippen molar-refractivity contribution in [3.8, 4) is 5.75 Å². The lowest BCUT2D eigenvalue weighted by Gasteiger charge is -2.20. The van der Waals surface area contributed by atoms with Crippen LogP contribution < -0.4 is 10.1 Å². The fourth-order valence-corrected chi connectivity index (χ4v) is 2.08. The summed E-state index contributed by atoms with van der Waals surface area (Å²) in [7, 11) is 5.32. The molecule has 0 saturated carbocycles. The van der Waals surface area contributed by atoms with Gasteiger partial charge in [-0.3, -0.25) is 0 Å². The second-order valence-electron chi connectivity index (χ2n) is 4.59. The Hall–Kier alpha value is -1.10. The third-order valence-corrected chi connectivity index (χ3v) is 3.22. The maximum Gasteiger partial charge on any atom is 0.122 e.